The summed E-state index contributed by atoms with van der Waals surface area (Å²) >= 11 is 0. The van der Waals surface area contributed by atoms with Gasteiger partial charge >= 0.3 is 5.97 Å². The van der Waals surface area contributed by atoms with E-state index < -0.39 is 5.41 Å². The minimum absolute atomic E-state index is 0.0948. The Balaban J connectivity index is 3.94. The Bertz CT molecular complexity index is 181. The summed E-state index contributed by atoms with van der Waals surface area (Å²) in [5.74, 6) is -0.255. The molecule has 0 radical (unpaired) electrons. The molecule has 0 saturated carbocycles. The van der Waals surface area contributed by atoms with Crippen molar-refractivity contribution < 1.29 is 14.4 Å². The Morgan fingerprint density at radius 1 is 1.42 bits per heavy atom. The van der Waals surface area contributed by atoms with Crippen LogP contribution >= 0.6 is 0 Å². The fourth-order valence-electron chi connectivity index (χ4n) is 0.400. The lowest BCUT2D eigenvalue weighted by Crippen LogP contribution is -2.26. The van der Waals surface area contributed by atoms with Gasteiger partial charge in [-0.05, 0) is 27.4 Å². The zero-order chi connectivity index (χ0) is 9.78. The van der Waals surface area contributed by atoms with Crippen molar-refractivity contribution in [2.75, 3.05) is 7.11 Å². The zero-order valence-electron chi connectivity index (χ0n) is 7.93. The monoisotopic (exact) mass is 173 g/mol. The molecule has 12 heavy (non-hydrogen) atoms. The van der Waals surface area contributed by atoms with Crippen molar-refractivity contribution >= 4 is 5.97 Å². The van der Waals surface area contributed by atoms with Gasteiger partial charge in [0.25, 0.3) is 0 Å². The van der Waals surface area contributed by atoms with E-state index in [2.05, 4.69) is 16.9 Å². The number of esters is 1. The van der Waals surface area contributed by atoms with E-state index in [-0.39, 0.29) is 11.9 Å². The van der Waals surface area contributed by atoms with Gasteiger partial charge in [0.1, 0.15) is 0 Å². The molecule has 0 aromatic carbocycles. The fraction of sp³-hybridized carbons (Fsp3) is 0.625. The molecule has 4 nitrogen and oxygen atoms in total. The second-order valence-corrected chi connectivity index (χ2v) is 3.37. The molecule has 0 bridgehead atoms. The summed E-state index contributed by atoms with van der Waals surface area (Å²) in [4.78, 5) is 15.7. The third-order valence-corrected chi connectivity index (χ3v) is 1.04. The Hall–Kier alpha value is -1.03. The SMILES string of the molecule is C=C(NOC)OC(=O)C(C)(C)C. The van der Waals surface area contributed by atoms with Gasteiger partial charge in [-0.2, -0.15) is 0 Å². The standard InChI is InChI=1S/C8H15NO3/c1-6(9-11-5)12-7(10)8(2,3)4/h9H,1H2,2-5H3. The first-order valence-corrected chi connectivity index (χ1v) is 3.58. The van der Waals surface area contributed by atoms with Crippen LogP contribution in [0.2, 0.25) is 0 Å². The number of hydrogen-bond donors (Lipinski definition) is 1. The molecule has 0 amide bonds. The van der Waals surface area contributed by atoms with Gasteiger partial charge in [0.15, 0.2) is 0 Å². The highest BCUT2D eigenvalue weighted by Crippen LogP contribution is 2.16. The van der Waals surface area contributed by atoms with E-state index in [9.17, 15) is 4.79 Å². The van der Waals surface area contributed by atoms with Crippen LogP contribution < -0.4 is 5.48 Å². The van der Waals surface area contributed by atoms with E-state index in [0.29, 0.717) is 0 Å². The summed E-state index contributed by atoms with van der Waals surface area (Å²) in [5.41, 5.74) is 1.78. The number of nitrogens with one attached hydrogen (secondary N) is 1. The van der Waals surface area contributed by atoms with Gasteiger partial charge in [-0.15, -0.1) is 0 Å². The second kappa shape index (κ2) is 4.11. The maximum atomic E-state index is 11.2. The van der Waals surface area contributed by atoms with Gasteiger partial charge in [0.05, 0.1) is 12.5 Å². The van der Waals surface area contributed by atoms with Crippen molar-refractivity contribution in [3.63, 3.8) is 0 Å². The Labute approximate surface area is 72.5 Å². The summed E-state index contributed by atoms with van der Waals surface area (Å²) in [6.45, 7) is 8.70. The summed E-state index contributed by atoms with van der Waals surface area (Å²) < 4.78 is 4.79. The van der Waals surface area contributed by atoms with E-state index in [1.165, 1.54) is 7.11 Å². The van der Waals surface area contributed by atoms with Gasteiger partial charge in [0, 0.05) is 0 Å². The molecule has 0 aliphatic rings. The summed E-state index contributed by atoms with van der Waals surface area (Å²) in [6, 6.07) is 0. The van der Waals surface area contributed by atoms with Crippen molar-refractivity contribution in [3.05, 3.63) is 12.5 Å². The molecular formula is C8H15NO3. The van der Waals surface area contributed by atoms with Gasteiger partial charge in [-0.25, -0.2) is 5.48 Å². The van der Waals surface area contributed by atoms with E-state index in [1.807, 2.05) is 0 Å². The van der Waals surface area contributed by atoms with Gasteiger partial charge < -0.3 is 4.74 Å². The van der Waals surface area contributed by atoms with Crippen molar-refractivity contribution in [1.82, 2.24) is 5.48 Å². The maximum absolute atomic E-state index is 11.2. The number of carbonyl (C=O) groups excluding carboxylic acids is 1. The average molecular weight is 173 g/mol. The zero-order valence-corrected chi connectivity index (χ0v) is 7.93. The molecule has 1 N–H and O–H groups in total. The van der Waals surface area contributed by atoms with Crippen LogP contribution in [-0.4, -0.2) is 13.1 Å². The first-order chi connectivity index (χ1) is 5.38. The molecule has 0 saturated heterocycles. The van der Waals surface area contributed by atoms with Crippen LogP contribution in [0.25, 0.3) is 0 Å². The quantitative estimate of drug-likeness (QED) is 0.396. The molecule has 0 aromatic rings. The molecule has 0 heterocycles. The molecule has 4 heteroatoms. The Kier molecular flexibility index (Phi) is 3.76. The molecular weight excluding hydrogens is 158 g/mol. The number of rotatable bonds is 3. The fourth-order valence-corrected chi connectivity index (χ4v) is 0.400. The van der Waals surface area contributed by atoms with Crippen LogP contribution in [0, 0.1) is 5.41 Å². The lowest BCUT2D eigenvalue weighted by atomic mass is 9.97. The average Bonchev–Trinajstić information content (AvgIpc) is 1.85. The smallest absolute Gasteiger partial charge is 0.317 e. The van der Waals surface area contributed by atoms with Crippen LogP contribution in [0.3, 0.4) is 0 Å². The lowest BCUT2D eigenvalue weighted by Gasteiger charge is -2.17. The van der Waals surface area contributed by atoms with Crippen molar-refractivity contribution in [2.24, 2.45) is 5.41 Å². The van der Waals surface area contributed by atoms with Crippen LogP contribution in [0.4, 0.5) is 0 Å². The summed E-state index contributed by atoms with van der Waals surface area (Å²) in [6.07, 6.45) is 0. The van der Waals surface area contributed by atoms with Crippen molar-refractivity contribution in [3.8, 4) is 0 Å². The van der Waals surface area contributed by atoms with Crippen molar-refractivity contribution in [1.29, 1.82) is 0 Å². The second-order valence-electron chi connectivity index (χ2n) is 3.37. The maximum Gasteiger partial charge on any atom is 0.317 e. The van der Waals surface area contributed by atoms with Crippen molar-refractivity contribution in [2.45, 2.75) is 20.8 Å². The Morgan fingerprint density at radius 2 is 1.92 bits per heavy atom. The predicted molar refractivity (Wildman–Crippen MR) is 44.8 cm³/mol. The van der Waals surface area contributed by atoms with Crippen LogP contribution in [-0.2, 0) is 14.4 Å². The molecule has 0 aromatic heterocycles. The van der Waals surface area contributed by atoms with Gasteiger partial charge in [0.2, 0.25) is 5.88 Å². The predicted octanol–water partition coefficient (Wildman–Crippen LogP) is 1.20. The molecule has 0 unspecified atom stereocenters. The minimum atomic E-state index is -0.529. The summed E-state index contributed by atoms with van der Waals surface area (Å²) in [5, 5.41) is 0. The molecule has 0 aliphatic heterocycles. The van der Waals surface area contributed by atoms with E-state index in [0.717, 1.165) is 0 Å². The lowest BCUT2D eigenvalue weighted by molar-refractivity contribution is -0.150. The molecule has 0 atom stereocenters. The van der Waals surface area contributed by atoms with Crippen LogP contribution in [0.1, 0.15) is 20.8 Å². The molecule has 70 valence electrons. The van der Waals surface area contributed by atoms with Crippen LogP contribution in [0.5, 0.6) is 0 Å². The highest BCUT2D eigenvalue weighted by Gasteiger charge is 2.23. The van der Waals surface area contributed by atoms with Gasteiger partial charge in [-0.1, -0.05) is 0 Å². The van der Waals surface area contributed by atoms with E-state index in [4.69, 9.17) is 4.74 Å². The largest absolute Gasteiger partial charge is 0.408 e. The third-order valence-electron chi connectivity index (χ3n) is 1.04. The van der Waals surface area contributed by atoms with Crippen LogP contribution in [0.15, 0.2) is 12.5 Å². The number of hydroxylamine groups is 1. The van der Waals surface area contributed by atoms with E-state index in [1.54, 1.807) is 20.8 Å². The first kappa shape index (κ1) is 11.0. The molecule has 0 rings (SSSR count). The minimum Gasteiger partial charge on any atom is -0.408 e. The topological polar surface area (TPSA) is 47.6 Å². The number of carbonyl (C=O) groups is 1. The number of hydrogen-bond acceptors (Lipinski definition) is 4. The molecule has 0 spiro atoms. The highest BCUT2D eigenvalue weighted by atomic mass is 16.7. The molecule has 0 fully saturated rings. The normalized spacial score (nSPS) is 10.7. The summed E-state index contributed by atoms with van der Waals surface area (Å²) in [7, 11) is 1.41. The Morgan fingerprint density at radius 3 is 2.25 bits per heavy atom. The first-order valence-electron chi connectivity index (χ1n) is 3.58. The van der Waals surface area contributed by atoms with Gasteiger partial charge in [-0.3, -0.25) is 9.63 Å². The molecule has 0 aliphatic carbocycles. The van der Waals surface area contributed by atoms with E-state index >= 15 is 0 Å². The number of ether oxygens (including phenoxy) is 1. The third kappa shape index (κ3) is 3.98. The highest BCUT2D eigenvalue weighted by molar-refractivity contribution is 5.76.